The average molecular weight is 414 g/mol. The minimum atomic E-state index is -0.592. The van der Waals surface area contributed by atoms with Crippen molar-refractivity contribution in [2.24, 2.45) is 0 Å². The molecule has 0 radical (unpaired) electrons. The minimum absolute atomic E-state index is 0.0551. The van der Waals surface area contributed by atoms with Crippen LogP contribution >= 0.6 is 0 Å². The van der Waals surface area contributed by atoms with Gasteiger partial charge in [0.05, 0.1) is 32.3 Å². The third-order valence-corrected chi connectivity index (χ3v) is 5.79. The van der Waals surface area contributed by atoms with E-state index in [9.17, 15) is 14.9 Å². The molecule has 8 heteroatoms. The Morgan fingerprint density at radius 2 is 1.63 bits per heavy atom. The fourth-order valence-electron chi connectivity index (χ4n) is 4.11. The molecule has 1 aliphatic carbocycles. The Hall–Kier alpha value is -3.29. The number of amides is 1. The molecule has 8 nitrogen and oxygen atoms in total. The Labute approximate surface area is 175 Å². The highest BCUT2D eigenvalue weighted by Gasteiger charge is 2.36. The third kappa shape index (κ3) is 4.17. The second-order valence-electron chi connectivity index (χ2n) is 7.38. The normalized spacial score (nSPS) is 14.8. The average Bonchev–Trinajstić information content (AvgIpc) is 3.26. The van der Waals surface area contributed by atoms with Gasteiger partial charge in [0.25, 0.3) is 11.6 Å². The first-order valence-corrected chi connectivity index (χ1v) is 9.77. The predicted octanol–water partition coefficient (Wildman–Crippen LogP) is 3.86. The lowest BCUT2D eigenvalue weighted by Crippen LogP contribution is -2.39. The van der Waals surface area contributed by atoms with Gasteiger partial charge in [-0.25, -0.2) is 0 Å². The maximum atomic E-state index is 12.9. The summed E-state index contributed by atoms with van der Waals surface area (Å²) in [6.45, 7) is 0.393. The van der Waals surface area contributed by atoms with Gasteiger partial charge in [-0.2, -0.15) is 0 Å². The number of benzene rings is 2. The number of hydrogen-bond acceptors (Lipinski definition) is 6. The molecule has 1 aliphatic rings. The van der Waals surface area contributed by atoms with E-state index in [1.54, 1.807) is 7.11 Å². The number of hydrogen-bond donors (Lipinski definition) is 1. The van der Waals surface area contributed by atoms with E-state index in [2.05, 4.69) is 5.32 Å². The summed E-state index contributed by atoms with van der Waals surface area (Å²) in [5, 5.41) is 14.4. The van der Waals surface area contributed by atoms with E-state index in [-0.39, 0.29) is 28.2 Å². The number of nitrogens with one attached hydrogen (secondary N) is 1. The van der Waals surface area contributed by atoms with Crippen LogP contribution < -0.4 is 19.5 Å². The van der Waals surface area contributed by atoms with Gasteiger partial charge in [0.2, 0.25) is 0 Å². The van der Waals surface area contributed by atoms with Crippen LogP contribution in [0.1, 0.15) is 41.6 Å². The Morgan fingerprint density at radius 1 is 1.03 bits per heavy atom. The van der Waals surface area contributed by atoms with Crippen LogP contribution in [0.25, 0.3) is 0 Å². The van der Waals surface area contributed by atoms with Crippen molar-refractivity contribution in [3.8, 4) is 17.2 Å². The first kappa shape index (κ1) is 21.4. The Balaban J connectivity index is 1.86. The molecular formula is C22H26N2O6. The molecule has 1 N–H and O–H groups in total. The van der Waals surface area contributed by atoms with Crippen molar-refractivity contribution in [2.45, 2.75) is 31.1 Å². The molecule has 2 aromatic rings. The van der Waals surface area contributed by atoms with Crippen molar-refractivity contribution in [1.82, 2.24) is 5.32 Å². The van der Waals surface area contributed by atoms with Gasteiger partial charge >= 0.3 is 0 Å². The molecular weight excluding hydrogens is 388 g/mol. The summed E-state index contributed by atoms with van der Waals surface area (Å²) in [5.41, 5.74) is 0.547. The van der Waals surface area contributed by atoms with E-state index in [0.29, 0.717) is 6.54 Å². The second kappa shape index (κ2) is 9.02. The largest absolute Gasteiger partial charge is 0.497 e. The van der Waals surface area contributed by atoms with Gasteiger partial charge in [-0.15, -0.1) is 0 Å². The first-order chi connectivity index (χ1) is 14.4. The van der Waals surface area contributed by atoms with Gasteiger partial charge in [-0.1, -0.05) is 25.0 Å². The van der Waals surface area contributed by atoms with Crippen molar-refractivity contribution in [3.05, 3.63) is 57.6 Å². The Bertz CT molecular complexity index is 920. The number of rotatable bonds is 8. The predicted molar refractivity (Wildman–Crippen MR) is 112 cm³/mol. The van der Waals surface area contributed by atoms with Crippen LogP contribution in [0.3, 0.4) is 0 Å². The standard InChI is InChI=1S/C22H26N2O6/c1-28-16-8-6-15(7-9-16)22(10-4-5-11-22)14-23-21(25)17-12-19(29-2)20(30-3)13-18(17)24(26)27/h6-9,12-13H,4-5,10-11,14H2,1-3H3,(H,23,25). The lowest BCUT2D eigenvalue weighted by Gasteiger charge is -2.30. The molecule has 160 valence electrons. The first-order valence-electron chi connectivity index (χ1n) is 9.77. The van der Waals surface area contributed by atoms with E-state index in [1.165, 1.54) is 26.4 Å². The molecule has 0 unspecified atom stereocenters. The van der Waals surface area contributed by atoms with Crippen molar-refractivity contribution < 1.29 is 23.9 Å². The van der Waals surface area contributed by atoms with E-state index in [0.717, 1.165) is 37.0 Å². The van der Waals surface area contributed by atoms with Crippen LogP contribution in [0.2, 0.25) is 0 Å². The van der Waals surface area contributed by atoms with Crippen LogP contribution in [0.15, 0.2) is 36.4 Å². The fourth-order valence-corrected chi connectivity index (χ4v) is 4.11. The highest BCUT2D eigenvalue weighted by molar-refractivity contribution is 5.99. The van der Waals surface area contributed by atoms with Crippen molar-refractivity contribution in [3.63, 3.8) is 0 Å². The maximum Gasteiger partial charge on any atom is 0.286 e. The molecule has 0 aromatic heterocycles. The highest BCUT2D eigenvalue weighted by atomic mass is 16.6. The zero-order valence-electron chi connectivity index (χ0n) is 17.4. The second-order valence-corrected chi connectivity index (χ2v) is 7.38. The van der Waals surface area contributed by atoms with E-state index in [4.69, 9.17) is 14.2 Å². The van der Waals surface area contributed by atoms with E-state index in [1.807, 2.05) is 24.3 Å². The highest BCUT2D eigenvalue weighted by Crippen LogP contribution is 2.41. The fraction of sp³-hybridized carbons (Fsp3) is 0.409. The molecule has 3 rings (SSSR count). The van der Waals surface area contributed by atoms with Crippen molar-refractivity contribution in [2.75, 3.05) is 27.9 Å². The van der Waals surface area contributed by atoms with Crippen LogP contribution in [-0.4, -0.2) is 38.7 Å². The SMILES string of the molecule is COc1ccc(C2(CNC(=O)c3cc(OC)c(OC)cc3[N+](=O)[O-])CCCC2)cc1. The number of methoxy groups -OCH3 is 3. The smallest absolute Gasteiger partial charge is 0.286 e. The van der Waals surface area contributed by atoms with Gasteiger partial charge in [-0.3, -0.25) is 14.9 Å². The molecule has 1 saturated carbocycles. The molecule has 1 amide bonds. The molecule has 0 saturated heterocycles. The lowest BCUT2D eigenvalue weighted by atomic mass is 9.78. The lowest BCUT2D eigenvalue weighted by molar-refractivity contribution is -0.385. The summed E-state index contributed by atoms with van der Waals surface area (Å²) in [5.74, 6) is 0.726. The minimum Gasteiger partial charge on any atom is -0.497 e. The van der Waals surface area contributed by atoms with E-state index >= 15 is 0 Å². The Kier molecular flexibility index (Phi) is 6.44. The summed E-state index contributed by atoms with van der Waals surface area (Å²) < 4.78 is 15.6. The van der Waals surface area contributed by atoms with Gasteiger partial charge in [0.1, 0.15) is 11.3 Å². The molecule has 30 heavy (non-hydrogen) atoms. The third-order valence-electron chi connectivity index (χ3n) is 5.79. The zero-order valence-corrected chi connectivity index (χ0v) is 17.4. The molecule has 0 spiro atoms. The zero-order chi connectivity index (χ0) is 21.7. The van der Waals surface area contributed by atoms with Gasteiger partial charge in [-0.05, 0) is 30.5 Å². The summed E-state index contributed by atoms with van der Waals surface area (Å²) in [4.78, 5) is 23.9. The van der Waals surface area contributed by atoms with Crippen LogP contribution in [0.4, 0.5) is 5.69 Å². The molecule has 1 fully saturated rings. The van der Waals surface area contributed by atoms with E-state index < -0.39 is 10.8 Å². The van der Waals surface area contributed by atoms with Gasteiger partial charge in [0, 0.05) is 18.0 Å². The number of nitrogens with zero attached hydrogens (tertiary/aromatic N) is 1. The monoisotopic (exact) mass is 414 g/mol. The van der Waals surface area contributed by atoms with Crippen molar-refractivity contribution >= 4 is 11.6 Å². The van der Waals surface area contributed by atoms with Crippen LogP contribution in [-0.2, 0) is 5.41 Å². The molecule has 0 aliphatic heterocycles. The number of nitro groups is 1. The number of carbonyl (C=O) groups excluding carboxylic acids is 1. The summed E-state index contributed by atoms with van der Waals surface area (Å²) in [7, 11) is 4.43. The molecule has 0 atom stereocenters. The number of carbonyl (C=O) groups is 1. The van der Waals surface area contributed by atoms with Gasteiger partial charge in [0.15, 0.2) is 11.5 Å². The summed E-state index contributed by atoms with van der Waals surface area (Å²) in [6.07, 6.45) is 4.01. The summed E-state index contributed by atoms with van der Waals surface area (Å²) >= 11 is 0. The van der Waals surface area contributed by atoms with Crippen LogP contribution in [0, 0.1) is 10.1 Å². The molecule has 2 aromatic carbocycles. The molecule has 0 bridgehead atoms. The number of ether oxygens (including phenoxy) is 3. The topological polar surface area (TPSA) is 99.9 Å². The number of nitro benzene ring substituents is 1. The molecule has 0 heterocycles. The maximum absolute atomic E-state index is 12.9. The van der Waals surface area contributed by atoms with Crippen LogP contribution in [0.5, 0.6) is 17.2 Å². The summed E-state index contributed by atoms with van der Waals surface area (Å²) in [6, 6.07) is 10.4. The Morgan fingerprint density at radius 3 is 2.17 bits per heavy atom. The van der Waals surface area contributed by atoms with Crippen molar-refractivity contribution in [1.29, 1.82) is 0 Å². The quantitative estimate of drug-likeness (QED) is 0.520. The van der Waals surface area contributed by atoms with Gasteiger partial charge < -0.3 is 19.5 Å².